The van der Waals surface area contributed by atoms with E-state index in [0.29, 0.717) is 6.20 Å². The quantitative estimate of drug-likeness (QED) is 0.821. The zero-order valence-corrected chi connectivity index (χ0v) is 8.11. The fourth-order valence-electron chi connectivity index (χ4n) is 1.36. The Balaban J connectivity index is 3.63. The Morgan fingerprint density at radius 1 is 1.41 bits per heavy atom. The number of halogens is 5. The minimum absolute atomic E-state index is 0.625. The maximum absolute atomic E-state index is 12.6. The molecule has 0 amide bonds. The number of aromatic amines is 1. The Morgan fingerprint density at radius 3 is 2.41 bits per heavy atom. The Hall–Kier alpha value is -1.91. The van der Waals surface area contributed by atoms with E-state index in [9.17, 15) is 26.7 Å². The van der Waals surface area contributed by atoms with Gasteiger partial charge in [-0.2, -0.15) is 18.4 Å². The van der Waals surface area contributed by atoms with Crippen LogP contribution in [0.25, 0.3) is 0 Å². The molecule has 1 aromatic heterocycles. The topological polar surface area (TPSA) is 56.6 Å². The van der Waals surface area contributed by atoms with Gasteiger partial charge in [-0.15, -0.1) is 0 Å². The molecular weight excluding hydrogens is 247 g/mol. The van der Waals surface area contributed by atoms with Gasteiger partial charge in [0.1, 0.15) is 0 Å². The van der Waals surface area contributed by atoms with E-state index in [1.165, 1.54) is 6.07 Å². The molecule has 0 saturated heterocycles. The molecule has 0 fully saturated rings. The van der Waals surface area contributed by atoms with Crippen LogP contribution in [0.3, 0.4) is 0 Å². The van der Waals surface area contributed by atoms with Gasteiger partial charge in [0.2, 0.25) is 0 Å². The first-order chi connectivity index (χ1) is 7.79. The number of aromatic nitrogens is 1. The maximum atomic E-state index is 12.6. The molecule has 92 valence electrons. The molecule has 0 saturated carbocycles. The predicted octanol–water partition coefficient (Wildman–Crippen LogP) is 2.40. The van der Waals surface area contributed by atoms with E-state index in [0.717, 1.165) is 0 Å². The highest BCUT2D eigenvalue weighted by atomic mass is 19.4. The third-order valence-electron chi connectivity index (χ3n) is 1.98. The lowest BCUT2D eigenvalue weighted by Gasteiger charge is -2.14. The first-order valence-electron chi connectivity index (χ1n) is 4.25. The third kappa shape index (κ3) is 2.61. The van der Waals surface area contributed by atoms with Gasteiger partial charge in [-0.3, -0.25) is 4.79 Å². The smallest absolute Gasteiger partial charge is 0.328 e. The molecule has 1 heterocycles. The molecule has 0 aliphatic rings. The van der Waals surface area contributed by atoms with Gasteiger partial charge in [0.15, 0.2) is 0 Å². The highest BCUT2D eigenvalue weighted by Gasteiger charge is 2.39. The molecule has 0 unspecified atom stereocenters. The van der Waals surface area contributed by atoms with Crippen LogP contribution in [0, 0.1) is 11.3 Å². The summed E-state index contributed by atoms with van der Waals surface area (Å²) in [5.74, 6) is 0. The number of hydrogen-bond donors (Lipinski definition) is 1. The van der Waals surface area contributed by atoms with Gasteiger partial charge >= 0.3 is 6.18 Å². The van der Waals surface area contributed by atoms with Crippen LogP contribution in [0.4, 0.5) is 22.0 Å². The summed E-state index contributed by atoms with van der Waals surface area (Å²) in [4.78, 5) is 12.7. The van der Waals surface area contributed by atoms with E-state index in [-0.39, 0.29) is 0 Å². The van der Waals surface area contributed by atoms with E-state index in [1.54, 1.807) is 4.98 Å². The van der Waals surface area contributed by atoms with Gasteiger partial charge in [0.05, 0.1) is 23.6 Å². The number of H-pyrrole nitrogens is 1. The fraction of sp³-hybridized carbons (Fsp3) is 0.333. The fourth-order valence-corrected chi connectivity index (χ4v) is 1.36. The highest BCUT2D eigenvalue weighted by Crippen LogP contribution is 2.36. The van der Waals surface area contributed by atoms with Crippen molar-refractivity contribution in [2.75, 3.05) is 0 Å². The van der Waals surface area contributed by atoms with Crippen LogP contribution < -0.4 is 5.56 Å². The van der Waals surface area contributed by atoms with Crippen LogP contribution in [0.5, 0.6) is 0 Å². The van der Waals surface area contributed by atoms with Gasteiger partial charge in [-0.25, -0.2) is 8.78 Å². The van der Waals surface area contributed by atoms with Crippen LogP contribution in [-0.4, -0.2) is 4.98 Å². The Labute approximate surface area is 91.5 Å². The first kappa shape index (κ1) is 13.2. The normalized spacial score (nSPS) is 11.6. The molecule has 8 heteroatoms. The second-order valence-electron chi connectivity index (χ2n) is 3.07. The number of nitrogens with zero attached hydrogens (tertiary/aromatic N) is 1. The average molecular weight is 252 g/mol. The van der Waals surface area contributed by atoms with Crippen molar-refractivity contribution in [1.29, 1.82) is 5.26 Å². The molecule has 0 aliphatic heterocycles. The second-order valence-corrected chi connectivity index (χ2v) is 3.07. The van der Waals surface area contributed by atoms with Crippen molar-refractivity contribution in [3.63, 3.8) is 0 Å². The lowest BCUT2D eigenvalue weighted by Crippen LogP contribution is -2.23. The minimum atomic E-state index is -5.10. The van der Waals surface area contributed by atoms with Crippen molar-refractivity contribution in [2.45, 2.75) is 19.0 Å². The van der Waals surface area contributed by atoms with Crippen LogP contribution in [-0.2, 0) is 12.6 Å². The molecule has 0 spiro atoms. The molecule has 1 rings (SSSR count). The molecule has 1 aromatic rings. The molecule has 0 bridgehead atoms. The predicted molar refractivity (Wildman–Crippen MR) is 46.3 cm³/mol. The molecule has 0 aromatic carbocycles. The molecule has 1 N–H and O–H groups in total. The van der Waals surface area contributed by atoms with Crippen molar-refractivity contribution in [3.05, 3.63) is 33.2 Å². The Morgan fingerprint density at radius 2 is 2.00 bits per heavy atom. The summed E-state index contributed by atoms with van der Waals surface area (Å²) < 4.78 is 62.6. The largest absolute Gasteiger partial charge is 0.417 e. The van der Waals surface area contributed by atoms with Crippen molar-refractivity contribution < 1.29 is 22.0 Å². The number of hydrogen-bond acceptors (Lipinski definition) is 2. The monoisotopic (exact) mass is 252 g/mol. The third-order valence-corrected chi connectivity index (χ3v) is 1.98. The summed E-state index contributed by atoms with van der Waals surface area (Å²) in [6.45, 7) is 0. The zero-order chi connectivity index (χ0) is 13.2. The zero-order valence-electron chi connectivity index (χ0n) is 8.11. The molecule has 17 heavy (non-hydrogen) atoms. The molecule has 0 radical (unpaired) electrons. The van der Waals surface area contributed by atoms with E-state index in [1.807, 2.05) is 0 Å². The van der Waals surface area contributed by atoms with Gasteiger partial charge in [-0.05, 0) is 5.56 Å². The van der Waals surface area contributed by atoms with Crippen molar-refractivity contribution in [2.24, 2.45) is 0 Å². The number of alkyl halides is 5. The van der Waals surface area contributed by atoms with Gasteiger partial charge in [0.25, 0.3) is 12.0 Å². The minimum Gasteiger partial charge on any atom is -0.328 e. The van der Waals surface area contributed by atoms with Gasteiger partial charge in [-0.1, -0.05) is 0 Å². The van der Waals surface area contributed by atoms with Crippen LogP contribution in [0.15, 0.2) is 11.0 Å². The molecule has 0 atom stereocenters. The van der Waals surface area contributed by atoms with E-state index < -0.39 is 41.3 Å². The van der Waals surface area contributed by atoms with Crippen molar-refractivity contribution in [3.8, 4) is 6.07 Å². The number of rotatable bonds is 2. The average Bonchev–Trinajstić information content (AvgIpc) is 2.18. The lowest BCUT2D eigenvalue weighted by atomic mass is 10.0. The summed E-state index contributed by atoms with van der Waals surface area (Å²) in [5.41, 5.74) is -5.55. The summed E-state index contributed by atoms with van der Waals surface area (Å²) in [6.07, 6.45) is -8.76. The van der Waals surface area contributed by atoms with E-state index >= 15 is 0 Å². The van der Waals surface area contributed by atoms with Gasteiger partial charge < -0.3 is 4.98 Å². The number of nitrogens with one attached hydrogen (secondary N) is 1. The van der Waals surface area contributed by atoms with Crippen LogP contribution in [0.2, 0.25) is 0 Å². The standard InChI is InChI=1S/C9H5F5N2O/c10-7(11)5-6(9(12,13)14)4(1-2-15)3-16-8(5)17/h3,7H,1H2,(H,16,17). The van der Waals surface area contributed by atoms with Crippen molar-refractivity contribution in [1.82, 2.24) is 4.98 Å². The van der Waals surface area contributed by atoms with Crippen molar-refractivity contribution >= 4 is 0 Å². The lowest BCUT2D eigenvalue weighted by molar-refractivity contribution is -0.140. The van der Waals surface area contributed by atoms with Crippen LogP contribution >= 0.6 is 0 Å². The summed E-state index contributed by atoms with van der Waals surface area (Å²) in [6, 6.07) is 1.42. The first-order valence-corrected chi connectivity index (χ1v) is 4.25. The van der Waals surface area contributed by atoms with Crippen LogP contribution in [0.1, 0.15) is 23.1 Å². The molecule has 0 aliphatic carbocycles. The maximum Gasteiger partial charge on any atom is 0.417 e. The Bertz CT molecular complexity index is 512. The number of nitriles is 1. The molecule has 3 nitrogen and oxygen atoms in total. The molecular formula is C9H5F5N2O. The van der Waals surface area contributed by atoms with Gasteiger partial charge in [0, 0.05) is 6.20 Å². The SMILES string of the molecule is N#CCc1c[nH]c(=O)c(C(F)F)c1C(F)(F)F. The Kier molecular flexibility index (Phi) is 3.50. The highest BCUT2D eigenvalue weighted by molar-refractivity contribution is 5.36. The second kappa shape index (κ2) is 4.53. The summed E-state index contributed by atoms with van der Waals surface area (Å²) in [5, 5.41) is 8.31. The van der Waals surface area contributed by atoms with E-state index in [4.69, 9.17) is 5.26 Å². The van der Waals surface area contributed by atoms with E-state index in [2.05, 4.69) is 0 Å². The number of pyridine rings is 1. The summed E-state index contributed by atoms with van der Waals surface area (Å²) in [7, 11) is 0. The summed E-state index contributed by atoms with van der Waals surface area (Å²) >= 11 is 0.